The minimum Gasteiger partial charge on any atom is -0.209 e. The zero-order chi connectivity index (χ0) is 11.9. The van der Waals surface area contributed by atoms with Crippen LogP contribution in [0.1, 0.15) is 25.3 Å². The van der Waals surface area contributed by atoms with E-state index in [-0.39, 0.29) is 11.7 Å². The molecule has 0 aliphatic carbocycles. The third-order valence-corrected chi connectivity index (χ3v) is 5.63. The quantitative estimate of drug-likeness (QED) is 0.474. The smallest absolute Gasteiger partial charge is 0.180 e. The van der Waals surface area contributed by atoms with Gasteiger partial charge in [-0.1, -0.05) is 30.7 Å². The Morgan fingerprint density at radius 3 is 2.27 bits per heavy atom. The first-order chi connectivity index (χ1) is 6.58. The maximum atomic E-state index is 14.3. The third kappa shape index (κ3) is 3.41. The molecule has 6 heteroatoms. The maximum absolute atomic E-state index is 14.3. The van der Waals surface area contributed by atoms with Crippen LogP contribution in [0.4, 0.5) is 8.28 Å². The second kappa shape index (κ2) is 3.98. The third-order valence-electron chi connectivity index (χ3n) is 2.26. The van der Waals surface area contributed by atoms with E-state index < -0.39 is 8.64 Å². The molecule has 0 amide bonds. The molecule has 0 radical (unpaired) electrons. The molecule has 0 saturated carbocycles. The van der Waals surface area contributed by atoms with E-state index in [1.54, 1.807) is 13.2 Å². The van der Waals surface area contributed by atoms with Gasteiger partial charge in [0.15, 0.2) is 7.12 Å². The van der Waals surface area contributed by atoms with Crippen molar-refractivity contribution in [3.63, 3.8) is 0 Å². The summed E-state index contributed by atoms with van der Waals surface area (Å²) in [4.78, 5) is 0.570. The van der Waals surface area contributed by atoms with E-state index >= 15 is 0 Å². The minimum absolute atomic E-state index is 0.0680. The van der Waals surface area contributed by atoms with Gasteiger partial charge >= 0.3 is 0 Å². The highest BCUT2D eigenvalue weighted by atomic mass is 33.1. The summed E-state index contributed by atoms with van der Waals surface area (Å²) in [5.74, 6) is -0.192. The van der Waals surface area contributed by atoms with E-state index in [1.165, 1.54) is 12.1 Å². The maximum Gasteiger partial charge on any atom is 0.180 e. The van der Waals surface area contributed by atoms with Crippen molar-refractivity contribution in [1.29, 1.82) is 0 Å². The fourth-order valence-corrected chi connectivity index (χ4v) is 3.21. The monoisotopic (exact) mass is 268 g/mol. The fraction of sp³-hybridized carbons (Fsp3) is 0.333. The summed E-state index contributed by atoms with van der Waals surface area (Å²) >= 11 is 0. The van der Waals surface area contributed by atoms with Gasteiger partial charge in [-0.25, -0.2) is 8.28 Å². The van der Waals surface area contributed by atoms with Gasteiger partial charge in [0.1, 0.15) is 5.82 Å². The summed E-state index contributed by atoms with van der Waals surface area (Å²) in [5, 5.41) is 0. The van der Waals surface area contributed by atoms with E-state index in [1.807, 2.05) is 13.8 Å². The van der Waals surface area contributed by atoms with Crippen LogP contribution in [0, 0.1) is 5.82 Å². The lowest BCUT2D eigenvalue weighted by molar-refractivity contribution is 0.596. The molecule has 2 unspecified atom stereocenters. The van der Waals surface area contributed by atoms with Gasteiger partial charge in [-0.3, -0.25) is 0 Å². The molecule has 1 aromatic carbocycles. The van der Waals surface area contributed by atoms with Gasteiger partial charge in [-0.15, -0.1) is 0 Å². The van der Waals surface area contributed by atoms with Gasteiger partial charge in [-0.05, 0) is 34.6 Å². The average Bonchev–Trinajstić information content (AvgIpc) is 2.00. The Labute approximate surface area is 95.4 Å². The highest BCUT2D eigenvalue weighted by molar-refractivity contribution is 9.10. The Kier molecular flexibility index (Phi) is 3.56. The van der Waals surface area contributed by atoms with Crippen molar-refractivity contribution in [3.05, 3.63) is 29.6 Å². The normalized spacial score (nSPS) is 15.0. The van der Waals surface area contributed by atoms with Crippen molar-refractivity contribution >= 4 is 32.6 Å². The number of benzene rings is 1. The molecule has 0 nitrogen and oxygen atoms in total. The van der Waals surface area contributed by atoms with Crippen LogP contribution in [0.3, 0.4) is 0 Å². The summed E-state index contributed by atoms with van der Waals surface area (Å²) in [6.07, 6.45) is 0. The molecule has 0 fully saturated rings. The molecular weight excluding hydrogens is 251 g/mol. The molecule has 86 valence electrons. The minimum atomic E-state index is -3.43. The van der Waals surface area contributed by atoms with Crippen LogP contribution in [-0.2, 0) is 0 Å². The number of thiol groups is 1. The molecule has 0 bridgehead atoms. The summed E-state index contributed by atoms with van der Waals surface area (Å²) in [5.41, 5.74) is 0.575. The molecule has 0 aliphatic rings. The summed E-state index contributed by atoms with van der Waals surface area (Å²) in [6.45, 7) is 3.80. The van der Waals surface area contributed by atoms with Crippen molar-refractivity contribution in [2.75, 3.05) is 0 Å². The molecule has 0 N–H and O–H groups in total. The first kappa shape index (κ1) is 13.4. The highest BCUT2D eigenvalue weighted by Crippen LogP contribution is 2.86. The SMILES string of the molecule is B[SH](F)(P)(P)c1ccc(F)c(C(C)C)c1. The number of halogens is 2. The molecule has 0 aromatic heterocycles. The molecule has 1 aromatic rings. The molecule has 0 aliphatic heterocycles. The topological polar surface area (TPSA) is 0 Å². The van der Waals surface area contributed by atoms with Crippen LogP contribution in [0.5, 0.6) is 0 Å². The Balaban J connectivity index is 3.32. The molecule has 15 heavy (non-hydrogen) atoms. The van der Waals surface area contributed by atoms with Gasteiger partial charge < -0.3 is 0 Å². The van der Waals surface area contributed by atoms with Crippen LogP contribution in [0.2, 0.25) is 0 Å². The predicted molar refractivity (Wildman–Crippen MR) is 76.8 cm³/mol. The summed E-state index contributed by atoms with van der Waals surface area (Å²) in [7, 11) is 2.65. The van der Waals surface area contributed by atoms with Gasteiger partial charge in [0.05, 0.1) is 0 Å². The second-order valence-electron chi connectivity index (χ2n) is 4.46. The largest absolute Gasteiger partial charge is 0.209 e. The molecule has 1 rings (SSSR count). The zero-order valence-electron chi connectivity index (χ0n) is 9.17. The second-order valence-corrected chi connectivity index (χ2v) is 17.6. The standard InChI is InChI=1S/C9H17BF2P2S/c1-6(2)8-5-7(3-4-9(8)11)15(10,12,13)14/h3-6,15H,10,13-14H2,1-2H3. The molecule has 0 saturated heterocycles. The lowest BCUT2D eigenvalue weighted by Crippen LogP contribution is -1.99. The Bertz CT molecular complexity index is 378. The lowest BCUT2D eigenvalue weighted by Gasteiger charge is -2.42. The zero-order valence-corrected chi connectivity index (χ0v) is 12.4. The van der Waals surface area contributed by atoms with E-state index in [9.17, 15) is 8.28 Å². The van der Waals surface area contributed by atoms with Gasteiger partial charge in [0.25, 0.3) is 0 Å². The Hall–Kier alpha value is 0.355. The van der Waals surface area contributed by atoms with Crippen molar-refractivity contribution in [1.82, 2.24) is 0 Å². The van der Waals surface area contributed by atoms with Crippen LogP contribution in [0.25, 0.3) is 0 Å². The van der Waals surface area contributed by atoms with Crippen LogP contribution < -0.4 is 0 Å². The number of hydrogen-bond acceptors (Lipinski definition) is 0. The lowest BCUT2D eigenvalue weighted by atomic mass is 10.0. The predicted octanol–water partition coefficient (Wildman–Crippen LogP) is 3.39. The highest BCUT2D eigenvalue weighted by Gasteiger charge is 2.27. The first-order valence-electron chi connectivity index (χ1n) is 4.73. The van der Waals surface area contributed by atoms with Gasteiger partial charge in [0.2, 0.25) is 0 Å². The van der Waals surface area contributed by atoms with Crippen molar-refractivity contribution < 1.29 is 8.28 Å². The molecule has 0 spiro atoms. The Morgan fingerprint density at radius 2 is 1.87 bits per heavy atom. The molecule has 0 heterocycles. The van der Waals surface area contributed by atoms with Gasteiger partial charge in [-0.2, -0.15) is 8.64 Å². The van der Waals surface area contributed by atoms with Crippen molar-refractivity contribution in [3.8, 4) is 0 Å². The van der Waals surface area contributed by atoms with Crippen LogP contribution in [0.15, 0.2) is 23.1 Å². The van der Waals surface area contributed by atoms with E-state index in [4.69, 9.17) is 0 Å². The average molecular weight is 268 g/mol. The molecule has 2 atom stereocenters. The summed E-state index contributed by atoms with van der Waals surface area (Å²) < 4.78 is 27.7. The fourth-order valence-electron chi connectivity index (χ4n) is 1.33. The number of rotatable bonds is 2. The van der Waals surface area contributed by atoms with Crippen molar-refractivity contribution in [2.24, 2.45) is 0 Å². The Morgan fingerprint density at radius 1 is 1.33 bits per heavy atom. The summed E-state index contributed by atoms with van der Waals surface area (Å²) in [6, 6.07) is 4.51. The first-order valence-corrected chi connectivity index (χ1v) is 10.5. The van der Waals surface area contributed by atoms with Crippen molar-refractivity contribution in [2.45, 2.75) is 24.7 Å². The van der Waals surface area contributed by atoms with Gasteiger partial charge in [0, 0.05) is 0 Å². The number of hydrogen-bond donors (Lipinski definition) is 1. The van der Waals surface area contributed by atoms with E-state index in [0.29, 0.717) is 10.5 Å². The van der Waals surface area contributed by atoms with E-state index in [0.717, 1.165) is 0 Å². The van der Waals surface area contributed by atoms with Crippen LogP contribution >= 0.6 is 25.5 Å². The van der Waals surface area contributed by atoms with E-state index in [2.05, 4.69) is 16.9 Å². The molecular formula is C9H17BF2P2S. The van der Waals surface area contributed by atoms with Crippen LogP contribution in [-0.4, -0.2) is 7.12 Å².